The molecule has 4 heterocycles. The largest absolute Gasteiger partial charge is 0.349 e. The third-order valence-corrected chi connectivity index (χ3v) is 5.97. The standard InChI is InChI=1S/C15H24O4/c1-9-4-5-11-10(2)8-16-13-15(11)12(9)6-7-14(3,17-13)18-19-15/h9-13H,4-8H2,1-3H3/t9-,10+,11?,12?,13-,14-,15?/m1/s1. The Hall–Kier alpha value is -0.160. The van der Waals surface area contributed by atoms with Crippen molar-refractivity contribution < 1.29 is 19.2 Å². The van der Waals surface area contributed by atoms with E-state index in [0.29, 0.717) is 23.7 Å². The molecule has 19 heavy (non-hydrogen) atoms. The Morgan fingerprint density at radius 2 is 1.74 bits per heavy atom. The molecule has 3 unspecified atom stereocenters. The maximum atomic E-state index is 6.16. The number of rotatable bonds is 0. The fourth-order valence-corrected chi connectivity index (χ4v) is 4.88. The average Bonchev–Trinajstić information content (AvgIpc) is 2.61. The van der Waals surface area contributed by atoms with E-state index in [9.17, 15) is 0 Å². The van der Waals surface area contributed by atoms with Gasteiger partial charge in [-0.05, 0) is 43.9 Å². The molecule has 7 atom stereocenters. The van der Waals surface area contributed by atoms with Crippen molar-refractivity contribution in [3.63, 3.8) is 0 Å². The highest BCUT2D eigenvalue weighted by Crippen LogP contribution is 2.59. The quantitative estimate of drug-likeness (QED) is 0.633. The Balaban J connectivity index is 1.81. The second-order valence-corrected chi connectivity index (χ2v) is 7.22. The third-order valence-electron chi connectivity index (χ3n) is 5.97. The fourth-order valence-electron chi connectivity index (χ4n) is 4.88. The molecule has 0 aromatic rings. The van der Waals surface area contributed by atoms with Crippen LogP contribution in [0.15, 0.2) is 0 Å². The highest BCUT2D eigenvalue weighted by Gasteiger charge is 2.67. The molecule has 0 aromatic carbocycles. The molecule has 1 aliphatic carbocycles. The molecular weight excluding hydrogens is 244 g/mol. The minimum Gasteiger partial charge on any atom is -0.349 e. The lowest BCUT2D eigenvalue weighted by molar-refractivity contribution is -0.566. The first-order valence-corrected chi connectivity index (χ1v) is 7.71. The van der Waals surface area contributed by atoms with E-state index in [1.54, 1.807) is 0 Å². The molecule has 5 aliphatic rings. The van der Waals surface area contributed by atoms with Crippen LogP contribution in [0.25, 0.3) is 0 Å². The minimum atomic E-state index is -0.627. The van der Waals surface area contributed by atoms with Gasteiger partial charge < -0.3 is 9.47 Å². The zero-order valence-corrected chi connectivity index (χ0v) is 12.1. The first kappa shape index (κ1) is 12.6. The maximum absolute atomic E-state index is 6.16. The molecule has 0 aromatic heterocycles. The molecule has 4 aliphatic heterocycles. The van der Waals surface area contributed by atoms with E-state index >= 15 is 0 Å². The fraction of sp³-hybridized carbons (Fsp3) is 1.00. The van der Waals surface area contributed by atoms with Crippen LogP contribution >= 0.6 is 0 Å². The van der Waals surface area contributed by atoms with Gasteiger partial charge in [-0.1, -0.05) is 13.8 Å². The van der Waals surface area contributed by atoms with Gasteiger partial charge in [0.1, 0.15) is 0 Å². The maximum Gasteiger partial charge on any atom is 0.201 e. The van der Waals surface area contributed by atoms with Crippen LogP contribution in [0, 0.1) is 23.7 Å². The van der Waals surface area contributed by atoms with E-state index in [2.05, 4.69) is 13.8 Å². The molecule has 108 valence electrons. The van der Waals surface area contributed by atoms with Crippen LogP contribution in [0.3, 0.4) is 0 Å². The van der Waals surface area contributed by atoms with Gasteiger partial charge in [0.2, 0.25) is 5.79 Å². The Kier molecular flexibility index (Phi) is 2.61. The summed E-state index contributed by atoms with van der Waals surface area (Å²) in [6, 6.07) is 0. The van der Waals surface area contributed by atoms with E-state index in [1.165, 1.54) is 12.8 Å². The van der Waals surface area contributed by atoms with Crippen molar-refractivity contribution in [2.24, 2.45) is 23.7 Å². The second-order valence-electron chi connectivity index (χ2n) is 7.22. The lowest BCUT2D eigenvalue weighted by Gasteiger charge is -2.58. The van der Waals surface area contributed by atoms with Gasteiger partial charge in [-0.3, -0.25) is 0 Å². The lowest BCUT2D eigenvalue weighted by atomic mass is 9.58. The second kappa shape index (κ2) is 3.94. The van der Waals surface area contributed by atoms with Crippen LogP contribution in [0.4, 0.5) is 0 Å². The van der Waals surface area contributed by atoms with Gasteiger partial charge in [-0.15, -0.1) is 0 Å². The van der Waals surface area contributed by atoms with E-state index in [4.69, 9.17) is 19.2 Å². The summed E-state index contributed by atoms with van der Waals surface area (Å²) >= 11 is 0. The highest BCUT2D eigenvalue weighted by atomic mass is 17.3. The summed E-state index contributed by atoms with van der Waals surface area (Å²) in [5.41, 5.74) is -0.370. The van der Waals surface area contributed by atoms with Crippen molar-refractivity contribution in [3.8, 4) is 0 Å². The van der Waals surface area contributed by atoms with Crippen LogP contribution in [0.5, 0.6) is 0 Å². The molecule has 1 saturated carbocycles. The molecule has 0 amide bonds. The van der Waals surface area contributed by atoms with Gasteiger partial charge in [0, 0.05) is 12.3 Å². The monoisotopic (exact) mass is 268 g/mol. The van der Waals surface area contributed by atoms with Crippen molar-refractivity contribution in [3.05, 3.63) is 0 Å². The van der Waals surface area contributed by atoms with Crippen LogP contribution in [-0.4, -0.2) is 24.3 Å². The zero-order chi connectivity index (χ0) is 13.3. The number of hydrogen-bond donors (Lipinski definition) is 0. The van der Waals surface area contributed by atoms with Crippen molar-refractivity contribution in [2.45, 2.75) is 64.1 Å². The minimum absolute atomic E-state index is 0.248. The first-order chi connectivity index (χ1) is 9.05. The van der Waals surface area contributed by atoms with Crippen molar-refractivity contribution in [1.82, 2.24) is 0 Å². The summed E-state index contributed by atoms with van der Waals surface area (Å²) in [5, 5.41) is 0. The summed E-state index contributed by atoms with van der Waals surface area (Å²) in [6.45, 7) is 7.36. The molecule has 2 bridgehead atoms. The molecule has 5 rings (SSSR count). The molecule has 4 saturated heterocycles. The molecule has 5 fully saturated rings. The topological polar surface area (TPSA) is 36.9 Å². The number of fused-ring (bicyclic) bond motifs is 2. The van der Waals surface area contributed by atoms with E-state index in [1.807, 2.05) is 6.92 Å². The van der Waals surface area contributed by atoms with Gasteiger partial charge >= 0.3 is 0 Å². The van der Waals surface area contributed by atoms with Gasteiger partial charge in [0.15, 0.2) is 11.9 Å². The molecular formula is C15H24O4. The number of ether oxygens (including phenoxy) is 2. The highest BCUT2D eigenvalue weighted by molar-refractivity contribution is 5.08. The molecule has 0 radical (unpaired) electrons. The summed E-state index contributed by atoms with van der Waals surface area (Å²) < 4.78 is 12.2. The smallest absolute Gasteiger partial charge is 0.201 e. The predicted molar refractivity (Wildman–Crippen MR) is 67.9 cm³/mol. The summed E-state index contributed by atoms with van der Waals surface area (Å²) in [5.74, 6) is 1.53. The van der Waals surface area contributed by atoms with Crippen molar-refractivity contribution in [2.75, 3.05) is 6.61 Å². The Bertz CT molecular complexity index is 386. The SMILES string of the molecule is C[C@@H]1CCC2[C@@H](C)CO[C@@H]3O[C@@]4(C)CCC1C23OO4. The van der Waals surface area contributed by atoms with Gasteiger partial charge in [0.05, 0.1) is 6.61 Å². The van der Waals surface area contributed by atoms with Crippen LogP contribution in [-0.2, 0) is 19.2 Å². The van der Waals surface area contributed by atoms with E-state index in [0.717, 1.165) is 19.4 Å². The normalized spacial score (nSPS) is 60.5. The van der Waals surface area contributed by atoms with Crippen LogP contribution < -0.4 is 0 Å². The first-order valence-electron chi connectivity index (χ1n) is 7.71. The Labute approximate surface area is 114 Å². The molecule has 4 heteroatoms. The predicted octanol–water partition coefficient (Wildman–Crippen LogP) is 2.87. The summed E-state index contributed by atoms with van der Waals surface area (Å²) in [7, 11) is 0. The van der Waals surface area contributed by atoms with Crippen molar-refractivity contribution >= 4 is 0 Å². The van der Waals surface area contributed by atoms with Gasteiger partial charge in [-0.25, -0.2) is 9.78 Å². The average molecular weight is 268 g/mol. The summed E-state index contributed by atoms with van der Waals surface area (Å²) in [6.07, 6.45) is 4.24. The molecule has 0 N–H and O–H groups in total. The van der Waals surface area contributed by atoms with Gasteiger partial charge in [0.25, 0.3) is 0 Å². The lowest BCUT2D eigenvalue weighted by Crippen LogP contribution is -2.68. The third kappa shape index (κ3) is 1.54. The van der Waals surface area contributed by atoms with E-state index < -0.39 is 5.79 Å². The van der Waals surface area contributed by atoms with Crippen LogP contribution in [0.2, 0.25) is 0 Å². The number of hydrogen-bond acceptors (Lipinski definition) is 4. The van der Waals surface area contributed by atoms with Crippen LogP contribution in [0.1, 0.15) is 46.5 Å². The zero-order valence-electron chi connectivity index (χ0n) is 12.1. The van der Waals surface area contributed by atoms with E-state index in [-0.39, 0.29) is 11.9 Å². The Morgan fingerprint density at radius 1 is 0.947 bits per heavy atom. The van der Waals surface area contributed by atoms with Gasteiger partial charge in [-0.2, -0.15) is 0 Å². The molecule has 1 spiro atoms. The molecule has 4 nitrogen and oxygen atoms in total. The summed E-state index contributed by atoms with van der Waals surface area (Å²) in [4.78, 5) is 11.7. The Morgan fingerprint density at radius 3 is 2.58 bits per heavy atom. The van der Waals surface area contributed by atoms with Crippen molar-refractivity contribution in [1.29, 1.82) is 0 Å².